The van der Waals surface area contributed by atoms with Crippen molar-refractivity contribution in [3.8, 4) is 0 Å². The summed E-state index contributed by atoms with van der Waals surface area (Å²) in [6, 6.07) is 0. The van der Waals surface area contributed by atoms with E-state index in [0.717, 1.165) is 38.5 Å². The first-order valence-corrected chi connectivity index (χ1v) is 20.2. The van der Waals surface area contributed by atoms with Crippen molar-refractivity contribution >= 4 is 13.8 Å². The van der Waals surface area contributed by atoms with Crippen molar-refractivity contribution in [3.63, 3.8) is 0 Å². The summed E-state index contributed by atoms with van der Waals surface area (Å²) < 4.78 is 34.1. The summed E-state index contributed by atoms with van der Waals surface area (Å²) in [7, 11) is 1.36. The number of likely N-dealkylation sites (N-methyl/N-ethyl adjacent to an activating group) is 1. The molecule has 270 valence electrons. The van der Waals surface area contributed by atoms with Gasteiger partial charge in [-0.1, -0.05) is 149 Å². The molecule has 2 unspecified atom stereocenters. The van der Waals surface area contributed by atoms with E-state index in [9.17, 15) is 14.3 Å². The highest BCUT2D eigenvalue weighted by atomic mass is 31.2. The average Bonchev–Trinajstić information content (AvgIpc) is 2.98. The lowest BCUT2D eigenvalue weighted by Crippen LogP contribution is -2.37. The van der Waals surface area contributed by atoms with Crippen LogP contribution in [0.15, 0.2) is 0 Å². The minimum absolute atomic E-state index is 0.0298. The van der Waals surface area contributed by atoms with E-state index in [1.807, 2.05) is 21.1 Å². The van der Waals surface area contributed by atoms with Crippen LogP contribution in [0, 0.1) is 0 Å². The number of carbonyl (C=O) groups excluding carboxylic acids is 1. The third kappa shape index (κ3) is 34.6. The van der Waals surface area contributed by atoms with E-state index < -0.39 is 13.9 Å². The molecule has 8 nitrogen and oxygen atoms in total. The number of carbonyl (C=O) groups is 1. The van der Waals surface area contributed by atoms with Gasteiger partial charge in [0.25, 0.3) is 7.82 Å². The zero-order valence-corrected chi connectivity index (χ0v) is 31.2. The monoisotopic (exact) mass is 664 g/mol. The minimum Gasteiger partial charge on any atom is -0.756 e. The molecule has 0 aromatic heterocycles. The van der Waals surface area contributed by atoms with Gasteiger partial charge in [-0.25, -0.2) is 0 Å². The highest BCUT2D eigenvalue weighted by molar-refractivity contribution is 7.45. The zero-order chi connectivity index (χ0) is 33.5. The molecule has 0 bridgehead atoms. The lowest BCUT2D eigenvalue weighted by molar-refractivity contribution is -0.870. The predicted octanol–water partition coefficient (Wildman–Crippen LogP) is 9.52. The highest BCUT2D eigenvalue weighted by Gasteiger charge is 2.20. The molecule has 0 heterocycles. The largest absolute Gasteiger partial charge is 0.756 e. The Morgan fingerprint density at radius 3 is 1.47 bits per heavy atom. The van der Waals surface area contributed by atoms with Crippen LogP contribution in [-0.4, -0.2) is 70.7 Å². The number of esters is 1. The standard InChI is InChI=1S/C36H74NO7P/c1-6-8-10-12-13-14-15-16-17-18-19-20-21-22-23-24-25-26-28-31-41-33-35(44-36(38)29-27-11-9-7-2)34-43-45(39,40)42-32-30-37(3,4)5/h35H,6-34H2,1-5H3. The number of phosphoric ester groups is 1. The Morgan fingerprint density at radius 2 is 1.02 bits per heavy atom. The molecule has 0 fully saturated rings. The third-order valence-electron chi connectivity index (χ3n) is 8.16. The van der Waals surface area contributed by atoms with E-state index >= 15 is 0 Å². The quantitative estimate of drug-likeness (QED) is 0.0288. The van der Waals surface area contributed by atoms with Crippen molar-refractivity contribution in [2.75, 3.05) is 54.1 Å². The Balaban J connectivity index is 3.96. The van der Waals surface area contributed by atoms with Crippen molar-refractivity contribution in [3.05, 3.63) is 0 Å². The number of quaternary nitrogens is 1. The summed E-state index contributed by atoms with van der Waals surface area (Å²) in [6.07, 6.45) is 28.8. The number of unbranched alkanes of at least 4 members (excludes halogenated alkanes) is 21. The SMILES string of the molecule is CCCCCCCCCCCCCCCCCCCCCOCC(COP(=O)([O-])OCC[N+](C)(C)C)OC(=O)CCCCCC. The molecule has 0 saturated heterocycles. The molecule has 0 spiro atoms. The molecular weight excluding hydrogens is 589 g/mol. The van der Waals surface area contributed by atoms with Crippen molar-refractivity contribution in [1.29, 1.82) is 0 Å². The summed E-state index contributed by atoms with van der Waals surface area (Å²) in [4.78, 5) is 24.5. The maximum absolute atomic E-state index is 12.3. The second-order valence-corrected chi connectivity index (χ2v) is 15.4. The van der Waals surface area contributed by atoms with Gasteiger partial charge in [-0.3, -0.25) is 9.36 Å². The second-order valence-electron chi connectivity index (χ2n) is 14.0. The molecule has 0 aliphatic heterocycles. The first-order valence-electron chi connectivity index (χ1n) is 18.8. The number of rotatable bonds is 35. The van der Waals surface area contributed by atoms with E-state index in [1.54, 1.807) is 0 Å². The van der Waals surface area contributed by atoms with Gasteiger partial charge >= 0.3 is 5.97 Å². The van der Waals surface area contributed by atoms with Gasteiger partial charge in [0, 0.05) is 13.0 Å². The van der Waals surface area contributed by atoms with Gasteiger partial charge in [-0.2, -0.15) is 0 Å². The summed E-state index contributed by atoms with van der Waals surface area (Å²) in [5.41, 5.74) is 0. The normalized spacial score (nSPS) is 14.0. The molecule has 9 heteroatoms. The van der Waals surface area contributed by atoms with Crippen LogP contribution >= 0.6 is 7.82 Å². The first kappa shape index (κ1) is 44.5. The van der Waals surface area contributed by atoms with Crippen molar-refractivity contribution in [1.82, 2.24) is 0 Å². The fraction of sp³-hybridized carbons (Fsp3) is 0.972. The Hall–Kier alpha value is -0.500. The van der Waals surface area contributed by atoms with Crippen LogP contribution in [0.3, 0.4) is 0 Å². The molecule has 0 aromatic rings. The van der Waals surface area contributed by atoms with E-state index in [2.05, 4.69) is 13.8 Å². The summed E-state index contributed by atoms with van der Waals surface area (Å²) in [5, 5.41) is 0. The fourth-order valence-electron chi connectivity index (χ4n) is 5.19. The van der Waals surface area contributed by atoms with E-state index in [0.29, 0.717) is 24.1 Å². The van der Waals surface area contributed by atoms with Crippen molar-refractivity contribution in [2.24, 2.45) is 0 Å². The van der Waals surface area contributed by atoms with Crippen LogP contribution in [0.5, 0.6) is 0 Å². The molecule has 0 radical (unpaired) electrons. The molecule has 0 aromatic carbocycles. The fourth-order valence-corrected chi connectivity index (χ4v) is 5.92. The number of nitrogens with zero attached hydrogens (tertiary/aromatic N) is 1. The van der Waals surface area contributed by atoms with Gasteiger partial charge in [0.1, 0.15) is 19.3 Å². The third-order valence-corrected chi connectivity index (χ3v) is 9.12. The maximum Gasteiger partial charge on any atom is 0.306 e. The van der Waals surface area contributed by atoms with Gasteiger partial charge < -0.3 is 27.9 Å². The number of phosphoric acid groups is 1. The molecule has 0 N–H and O–H groups in total. The van der Waals surface area contributed by atoms with E-state index in [-0.39, 0.29) is 25.8 Å². The van der Waals surface area contributed by atoms with Crippen LogP contribution in [0.2, 0.25) is 0 Å². The van der Waals surface area contributed by atoms with Gasteiger partial charge in [0.05, 0.1) is 34.4 Å². The lowest BCUT2D eigenvalue weighted by Gasteiger charge is -2.28. The van der Waals surface area contributed by atoms with E-state index in [4.69, 9.17) is 18.5 Å². The van der Waals surface area contributed by atoms with Crippen molar-refractivity contribution < 1.29 is 37.3 Å². The molecular formula is C36H74NO7P. The molecule has 0 amide bonds. The number of hydrogen-bond donors (Lipinski definition) is 0. The molecule has 45 heavy (non-hydrogen) atoms. The van der Waals surface area contributed by atoms with Gasteiger partial charge in [0.15, 0.2) is 0 Å². The van der Waals surface area contributed by atoms with Gasteiger partial charge in [-0.05, 0) is 12.8 Å². The van der Waals surface area contributed by atoms with Crippen LogP contribution < -0.4 is 4.89 Å². The lowest BCUT2D eigenvalue weighted by atomic mass is 10.0. The van der Waals surface area contributed by atoms with Crippen LogP contribution in [0.25, 0.3) is 0 Å². The molecule has 0 aliphatic rings. The van der Waals surface area contributed by atoms with E-state index in [1.165, 1.54) is 109 Å². The molecule has 0 rings (SSSR count). The second kappa shape index (κ2) is 30.8. The Labute approximate surface area is 278 Å². The topological polar surface area (TPSA) is 94.1 Å². The molecule has 2 atom stereocenters. The highest BCUT2D eigenvalue weighted by Crippen LogP contribution is 2.38. The van der Waals surface area contributed by atoms with Gasteiger partial charge in [-0.15, -0.1) is 0 Å². The Kier molecular flexibility index (Phi) is 30.5. The van der Waals surface area contributed by atoms with Crippen LogP contribution in [0.1, 0.15) is 168 Å². The number of ether oxygens (including phenoxy) is 2. The predicted molar refractivity (Wildman–Crippen MR) is 185 cm³/mol. The molecule has 0 saturated carbocycles. The van der Waals surface area contributed by atoms with Crippen LogP contribution in [0.4, 0.5) is 0 Å². The minimum atomic E-state index is -4.49. The maximum atomic E-state index is 12.3. The smallest absolute Gasteiger partial charge is 0.306 e. The average molecular weight is 664 g/mol. The zero-order valence-electron chi connectivity index (χ0n) is 30.3. The summed E-state index contributed by atoms with van der Waals surface area (Å²) >= 11 is 0. The first-order chi connectivity index (χ1) is 21.6. The Morgan fingerprint density at radius 1 is 0.600 bits per heavy atom. The summed E-state index contributed by atoms with van der Waals surface area (Å²) in [6.45, 7) is 5.31. The van der Waals surface area contributed by atoms with Crippen molar-refractivity contribution in [2.45, 2.75) is 174 Å². The molecule has 0 aliphatic carbocycles. The van der Waals surface area contributed by atoms with Gasteiger partial charge in [0.2, 0.25) is 0 Å². The van der Waals surface area contributed by atoms with Crippen LogP contribution in [-0.2, 0) is 27.9 Å². The summed E-state index contributed by atoms with van der Waals surface area (Å²) in [5.74, 6) is -0.349. The Bertz CT molecular complexity index is 701. The number of hydrogen-bond acceptors (Lipinski definition) is 7.